The highest BCUT2D eigenvalue weighted by atomic mass is 16.5. The van der Waals surface area contributed by atoms with Crippen LogP contribution in [0.15, 0.2) is 10.7 Å². The van der Waals surface area contributed by atoms with Gasteiger partial charge in [-0.15, -0.1) is 0 Å². The van der Waals surface area contributed by atoms with Gasteiger partial charge >= 0.3 is 0 Å². The first kappa shape index (κ1) is 11.0. The summed E-state index contributed by atoms with van der Waals surface area (Å²) in [5.41, 5.74) is 6.20. The van der Waals surface area contributed by atoms with Crippen molar-refractivity contribution < 1.29 is 9.15 Å². The molecule has 0 unspecified atom stereocenters. The predicted molar refractivity (Wildman–Crippen MR) is 54.2 cm³/mol. The van der Waals surface area contributed by atoms with E-state index in [0.717, 1.165) is 25.3 Å². The van der Waals surface area contributed by atoms with Gasteiger partial charge in [0, 0.05) is 33.9 Å². The largest absolute Gasteiger partial charge is 0.432 e. The molecule has 14 heavy (non-hydrogen) atoms. The Balaban J connectivity index is 2.39. The zero-order valence-corrected chi connectivity index (χ0v) is 8.69. The fraction of sp³-hybridized carbons (Fsp3) is 0.667. The molecule has 0 aliphatic heterocycles. The number of rotatable bonds is 6. The number of anilines is 1. The predicted octanol–water partition coefficient (Wildman–Crippen LogP) is 0.606. The van der Waals surface area contributed by atoms with Gasteiger partial charge in [0.25, 0.3) is 6.01 Å². The van der Waals surface area contributed by atoms with E-state index in [1.165, 1.54) is 0 Å². The maximum atomic E-state index is 5.42. The van der Waals surface area contributed by atoms with E-state index in [1.54, 1.807) is 13.4 Å². The lowest BCUT2D eigenvalue weighted by atomic mass is 10.4. The summed E-state index contributed by atoms with van der Waals surface area (Å²) in [4.78, 5) is 6.14. The Bertz CT molecular complexity index is 262. The first-order valence-electron chi connectivity index (χ1n) is 4.62. The number of ether oxygens (including phenoxy) is 1. The molecule has 0 spiro atoms. The molecule has 0 aromatic carbocycles. The van der Waals surface area contributed by atoms with E-state index in [0.29, 0.717) is 12.6 Å². The van der Waals surface area contributed by atoms with E-state index in [-0.39, 0.29) is 0 Å². The summed E-state index contributed by atoms with van der Waals surface area (Å²) in [6.45, 7) is 2.02. The van der Waals surface area contributed by atoms with Crippen LogP contribution in [-0.2, 0) is 11.3 Å². The number of nitrogens with zero attached hydrogens (tertiary/aromatic N) is 2. The summed E-state index contributed by atoms with van der Waals surface area (Å²) in [6, 6.07) is 0.613. The summed E-state index contributed by atoms with van der Waals surface area (Å²) >= 11 is 0. The molecular weight excluding hydrogens is 182 g/mol. The van der Waals surface area contributed by atoms with Crippen molar-refractivity contribution in [3.05, 3.63) is 12.0 Å². The van der Waals surface area contributed by atoms with Gasteiger partial charge in [-0.05, 0) is 6.42 Å². The van der Waals surface area contributed by atoms with E-state index >= 15 is 0 Å². The van der Waals surface area contributed by atoms with Gasteiger partial charge in [0.05, 0.1) is 5.69 Å². The Hall–Kier alpha value is -1.07. The number of methoxy groups -OCH3 is 1. The highest BCUT2D eigenvalue weighted by Gasteiger charge is 2.07. The van der Waals surface area contributed by atoms with Crippen LogP contribution < -0.4 is 10.6 Å². The van der Waals surface area contributed by atoms with Crippen molar-refractivity contribution in [2.45, 2.75) is 13.0 Å². The average Bonchev–Trinajstić information content (AvgIpc) is 2.66. The molecule has 0 fully saturated rings. The molecule has 0 aliphatic carbocycles. The van der Waals surface area contributed by atoms with Gasteiger partial charge in [-0.3, -0.25) is 0 Å². The fourth-order valence-corrected chi connectivity index (χ4v) is 1.11. The van der Waals surface area contributed by atoms with Gasteiger partial charge in [-0.2, -0.15) is 4.98 Å². The molecule has 1 aromatic rings. The van der Waals surface area contributed by atoms with Crippen LogP contribution in [0.4, 0.5) is 6.01 Å². The van der Waals surface area contributed by atoms with Crippen LogP contribution in [-0.4, -0.2) is 32.3 Å². The van der Waals surface area contributed by atoms with Crippen molar-refractivity contribution in [2.75, 3.05) is 32.2 Å². The molecule has 0 saturated carbocycles. The molecule has 5 nitrogen and oxygen atoms in total. The molecule has 1 heterocycles. The van der Waals surface area contributed by atoms with Crippen molar-refractivity contribution in [3.63, 3.8) is 0 Å². The molecule has 1 aromatic heterocycles. The Kier molecular flexibility index (Phi) is 4.42. The van der Waals surface area contributed by atoms with Crippen molar-refractivity contribution in [1.29, 1.82) is 0 Å². The van der Waals surface area contributed by atoms with Gasteiger partial charge in [0.2, 0.25) is 0 Å². The van der Waals surface area contributed by atoms with Gasteiger partial charge in [0.15, 0.2) is 0 Å². The van der Waals surface area contributed by atoms with Gasteiger partial charge in [-0.1, -0.05) is 0 Å². The first-order chi connectivity index (χ1) is 6.77. The number of nitrogens with two attached hydrogens (primary N) is 1. The standard InChI is InChI=1S/C9H17N3O2/c1-12(4-3-5-13-2)9-11-8(6-10)7-14-9/h7H,3-6,10H2,1-2H3. The molecule has 80 valence electrons. The van der Waals surface area contributed by atoms with E-state index in [9.17, 15) is 0 Å². The van der Waals surface area contributed by atoms with Crippen LogP contribution >= 0.6 is 0 Å². The molecule has 0 radical (unpaired) electrons. The maximum Gasteiger partial charge on any atom is 0.297 e. The van der Waals surface area contributed by atoms with Crippen molar-refractivity contribution in [1.82, 2.24) is 4.98 Å². The Morgan fingerprint density at radius 2 is 2.43 bits per heavy atom. The lowest BCUT2D eigenvalue weighted by Gasteiger charge is -2.13. The van der Waals surface area contributed by atoms with E-state index in [4.69, 9.17) is 14.9 Å². The normalized spacial score (nSPS) is 10.5. The SMILES string of the molecule is COCCCN(C)c1nc(CN)co1. The highest BCUT2D eigenvalue weighted by molar-refractivity contribution is 5.24. The second-order valence-corrected chi connectivity index (χ2v) is 3.09. The number of aromatic nitrogens is 1. The zero-order chi connectivity index (χ0) is 10.4. The quantitative estimate of drug-likeness (QED) is 0.680. The van der Waals surface area contributed by atoms with Crippen LogP contribution in [0.5, 0.6) is 0 Å². The molecule has 0 atom stereocenters. The first-order valence-corrected chi connectivity index (χ1v) is 4.62. The Labute approximate surface area is 83.8 Å². The molecule has 0 bridgehead atoms. The highest BCUT2D eigenvalue weighted by Crippen LogP contribution is 2.11. The minimum atomic E-state index is 0.412. The molecule has 2 N–H and O–H groups in total. The molecule has 5 heteroatoms. The summed E-state index contributed by atoms with van der Waals surface area (Å²) in [7, 11) is 3.62. The minimum Gasteiger partial charge on any atom is -0.432 e. The third kappa shape index (κ3) is 3.01. The van der Waals surface area contributed by atoms with E-state index < -0.39 is 0 Å². The summed E-state index contributed by atoms with van der Waals surface area (Å²) < 4.78 is 10.2. The van der Waals surface area contributed by atoms with Crippen LogP contribution in [0.1, 0.15) is 12.1 Å². The van der Waals surface area contributed by atoms with Crippen LogP contribution in [0.25, 0.3) is 0 Å². The maximum absolute atomic E-state index is 5.42. The fourth-order valence-electron chi connectivity index (χ4n) is 1.11. The van der Waals surface area contributed by atoms with E-state index in [1.807, 2.05) is 11.9 Å². The lowest BCUT2D eigenvalue weighted by molar-refractivity contribution is 0.196. The second-order valence-electron chi connectivity index (χ2n) is 3.09. The van der Waals surface area contributed by atoms with Gasteiger partial charge < -0.3 is 19.8 Å². The number of hydrogen-bond acceptors (Lipinski definition) is 5. The summed E-state index contributed by atoms with van der Waals surface area (Å²) in [6.07, 6.45) is 2.54. The van der Waals surface area contributed by atoms with Gasteiger partial charge in [-0.25, -0.2) is 0 Å². The van der Waals surface area contributed by atoms with Crippen LogP contribution in [0.2, 0.25) is 0 Å². The second kappa shape index (κ2) is 5.62. The van der Waals surface area contributed by atoms with Crippen molar-refractivity contribution >= 4 is 6.01 Å². The van der Waals surface area contributed by atoms with E-state index in [2.05, 4.69) is 4.98 Å². The van der Waals surface area contributed by atoms with Crippen LogP contribution in [0.3, 0.4) is 0 Å². The molecule has 0 saturated heterocycles. The Morgan fingerprint density at radius 1 is 1.64 bits per heavy atom. The van der Waals surface area contributed by atoms with Crippen molar-refractivity contribution in [3.8, 4) is 0 Å². The van der Waals surface area contributed by atoms with Crippen molar-refractivity contribution in [2.24, 2.45) is 5.73 Å². The minimum absolute atomic E-state index is 0.412. The molecule has 0 aliphatic rings. The average molecular weight is 199 g/mol. The summed E-state index contributed by atoms with van der Waals surface area (Å²) in [5, 5.41) is 0. The molecule has 1 rings (SSSR count). The zero-order valence-electron chi connectivity index (χ0n) is 8.69. The van der Waals surface area contributed by atoms with Gasteiger partial charge in [0.1, 0.15) is 6.26 Å². The third-order valence-corrected chi connectivity index (χ3v) is 1.92. The lowest BCUT2D eigenvalue weighted by Crippen LogP contribution is -2.20. The molecular formula is C9H17N3O2. The smallest absolute Gasteiger partial charge is 0.297 e. The summed E-state index contributed by atoms with van der Waals surface area (Å²) in [5.74, 6) is 0. The van der Waals surface area contributed by atoms with Crippen LogP contribution in [0, 0.1) is 0 Å². The Morgan fingerprint density at radius 3 is 3.00 bits per heavy atom. The number of oxazole rings is 1. The number of hydrogen-bond donors (Lipinski definition) is 1. The third-order valence-electron chi connectivity index (χ3n) is 1.92. The molecule has 0 amide bonds. The monoisotopic (exact) mass is 199 g/mol. The topological polar surface area (TPSA) is 64.5 Å².